The molecule has 2 rings (SSSR count). The van der Waals surface area contributed by atoms with Gasteiger partial charge in [0, 0.05) is 0 Å². The van der Waals surface area contributed by atoms with Gasteiger partial charge < -0.3 is 15.3 Å². The summed E-state index contributed by atoms with van der Waals surface area (Å²) in [5.41, 5.74) is 6.48. The average Bonchev–Trinajstić information content (AvgIpc) is 2.86. The minimum atomic E-state index is -0.707. The fourth-order valence-electron chi connectivity index (χ4n) is 2.19. The number of carbonyl (C=O) groups excluding carboxylic acids is 1. The van der Waals surface area contributed by atoms with E-state index < -0.39 is 10.9 Å². The van der Waals surface area contributed by atoms with Gasteiger partial charge in [0.15, 0.2) is 5.84 Å². The third-order valence-corrected chi connectivity index (χ3v) is 3.39. The summed E-state index contributed by atoms with van der Waals surface area (Å²) in [5, 5.41) is 18.6. The van der Waals surface area contributed by atoms with Crippen molar-refractivity contribution in [1.82, 2.24) is 9.78 Å². The summed E-state index contributed by atoms with van der Waals surface area (Å²) >= 11 is 0. The van der Waals surface area contributed by atoms with E-state index in [1.54, 1.807) is 25.1 Å². The number of methoxy groups -OCH3 is 1. The van der Waals surface area contributed by atoms with Crippen LogP contribution in [0.5, 0.6) is 5.75 Å². The van der Waals surface area contributed by atoms with Crippen LogP contribution >= 0.6 is 0 Å². The average molecular weight is 347 g/mol. The van der Waals surface area contributed by atoms with Gasteiger partial charge in [-0.15, -0.1) is 0 Å². The molecule has 2 N–H and O–H groups in total. The number of nitro groups is 1. The van der Waals surface area contributed by atoms with Crippen molar-refractivity contribution in [3.05, 3.63) is 51.3 Å². The van der Waals surface area contributed by atoms with E-state index in [1.165, 1.54) is 24.8 Å². The number of hydrogen-bond acceptors (Lipinski definition) is 7. The molecule has 0 aliphatic carbocycles. The maximum absolute atomic E-state index is 11.9. The van der Waals surface area contributed by atoms with Crippen LogP contribution in [0.3, 0.4) is 0 Å². The summed E-state index contributed by atoms with van der Waals surface area (Å²) in [6.45, 7) is 3.03. The van der Waals surface area contributed by atoms with Crippen LogP contribution in [0.4, 0.5) is 5.69 Å². The van der Waals surface area contributed by atoms with Gasteiger partial charge >= 0.3 is 11.7 Å². The highest BCUT2D eigenvalue weighted by atomic mass is 16.7. The number of ether oxygens (including phenoxy) is 1. The molecule has 0 spiro atoms. The Morgan fingerprint density at radius 2 is 2.16 bits per heavy atom. The number of hydrogen-bond donors (Lipinski definition) is 1. The van der Waals surface area contributed by atoms with Crippen molar-refractivity contribution in [3.8, 4) is 5.75 Å². The molecule has 0 bridgehead atoms. The van der Waals surface area contributed by atoms with Crippen LogP contribution in [0.1, 0.15) is 21.7 Å². The zero-order valence-corrected chi connectivity index (χ0v) is 13.9. The predicted octanol–water partition coefficient (Wildman–Crippen LogP) is 1.55. The second-order valence-electron chi connectivity index (χ2n) is 5.13. The maximum atomic E-state index is 11.9. The Bertz CT molecular complexity index is 843. The van der Waals surface area contributed by atoms with E-state index in [4.69, 9.17) is 15.3 Å². The number of amidine groups is 1. The molecular formula is C15H17N5O5. The lowest BCUT2D eigenvalue weighted by Gasteiger charge is -2.04. The number of nitrogens with zero attached hydrogens (tertiary/aromatic N) is 4. The van der Waals surface area contributed by atoms with Gasteiger partial charge in [-0.1, -0.05) is 11.2 Å². The highest BCUT2D eigenvalue weighted by molar-refractivity contribution is 5.90. The quantitative estimate of drug-likeness (QED) is 0.275. The Morgan fingerprint density at radius 3 is 2.76 bits per heavy atom. The van der Waals surface area contributed by atoms with Crippen LogP contribution in [-0.2, 0) is 11.4 Å². The molecule has 1 aromatic heterocycles. The Labute approximate surface area is 143 Å². The number of carbonyl (C=O) groups is 1. The topological polar surface area (TPSA) is 135 Å². The number of oxime groups is 1. The lowest BCUT2D eigenvalue weighted by molar-refractivity contribution is -0.386. The fourth-order valence-corrected chi connectivity index (χ4v) is 2.19. The molecule has 10 heteroatoms. The lowest BCUT2D eigenvalue weighted by atomic mass is 10.2. The Kier molecular flexibility index (Phi) is 5.32. The molecule has 1 heterocycles. The molecule has 132 valence electrons. The zero-order valence-electron chi connectivity index (χ0n) is 13.9. The van der Waals surface area contributed by atoms with Crippen molar-refractivity contribution in [1.29, 1.82) is 0 Å². The molecule has 0 amide bonds. The summed E-state index contributed by atoms with van der Waals surface area (Å²) in [7, 11) is 1.48. The van der Waals surface area contributed by atoms with E-state index in [1.807, 2.05) is 0 Å². The molecule has 10 nitrogen and oxygen atoms in total. The van der Waals surface area contributed by atoms with Crippen molar-refractivity contribution in [3.63, 3.8) is 0 Å². The second-order valence-corrected chi connectivity index (χ2v) is 5.13. The van der Waals surface area contributed by atoms with E-state index >= 15 is 0 Å². The Morgan fingerprint density at radius 1 is 1.44 bits per heavy atom. The molecule has 0 saturated carbocycles. The number of aryl methyl sites for hydroxylation is 1. The molecule has 0 fully saturated rings. The molecule has 0 unspecified atom stereocenters. The summed E-state index contributed by atoms with van der Waals surface area (Å²) in [6.07, 6.45) is 0. The van der Waals surface area contributed by atoms with Crippen LogP contribution in [0.2, 0.25) is 0 Å². The lowest BCUT2D eigenvalue weighted by Crippen LogP contribution is -2.22. The largest absolute Gasteiger partial charge is 0.497 e. The fraction of sp³-hybridized carbons (Fsp3) is 0.267. The summed E-state index contributed by atoms with van der Waals surface area (Å²) in [4.78, 5) is 27.2. The normalized spacial score (nSPS) is 11.2. The number of aromatic nitrogens is 2. The van der Waals surface area contributed by atoms with E-state index in [9.17, 15) is 14.9 Å². The van der Waals surface area contributed by atoms with Gasteiger partial charge in [-0.2, -0.15) is 5.10 Å². The van der Waals surface area contributed by atoms with Crippen LogP contribution in [0, 0.1) is 24.0 Å². The molecule has 25 heavy (non-hydrogen) atoms. The molecule has 0 radical (unpaired) electrons. The van der Waals surface area contributed by atoms with Crippen LogP contribution in [-0.4, -0.2) is 33.6 Å². The number of nitrogens with two attached hydrogens (primary N) is 1. The van der Waals surface area contributed by atoms with Gasteiger partial charge in [0.25, 0.3) is 0 Å². The maximum Gasteiger partial charge on any atom is 0.365 e. The molecule has 0 atom stereocenters. The number of benzene rings is 1. The summed E-state index contributed by atoms with van der Waals surface area (Å²) < 4.78 is 6.35. The van der Waals surface area contributed by atoms with Gasteiger partial charge in [0.05, 0.1) is 17.6 Å². The first-order valence-corrected chi connectivity index (χ1v) is 7.19. The third kappa shape index (κ3) is 4.10. The predicted molar refractivity (Wildman–Crippen MR) is 88.4 cm³/mol. The SMILES string of the molecule is COc1cccc(C(=O)O/N=C(/N)Cn2nc(C)c([N+](=O)[O-])c2C)c1. The molecule has 2 aromatic rings. The highest BCUT2D eigenvalue weighted by Gasteiger charge is 2.22. The van der Waals surface area contributed by atoms with Crippen molar-refractivity contribution in [2.75, 3.05) is 7.11 Å². The molecule has 0 aliphatic rings. The first-order valence-electron chi connectivity index (χ1n) is 7.19. The van der Waals surface area contributed by atoms with Crippen LogP contribution in [0.15, 0.2) is 29.4 Å². The van der Waals surface area contributed by atoms with E-state index in [-0.39, 0.29) is 29.3 Å². The Balaban J connectivity index is 2.08. The van der Waals surface area contributed by atoms with Gasteiger partial charge in [-0.3, -0.25) is 14.8 Å². The smallest absolute Gasteiger partial charge is 0.365 e. The minimum absolute atomic E-state index is 0.0497. The Hall–Kier alpha value is -3.43. The molecular weight excluding hydrogens is 330 g/mol. The van der Waals surface area contributed by atoms with Crippen LogP contribution < -0.4 is 10.5 Å². The highest BCUT2D eigenvalue weighted by Crippen LogP contribution is 2.21. The van der Waals surface area contributed by atoms with Crippen molar-refractivity contribution < 1.29 is 19.3 Å². The van der Waals surface area contributed by atoms with Crippen molar-refractivity contribution in [2.45, 2.75) is 20.4 Å². The molecule has 1 aromatic carbocycles. The van der Waals surface area contributed by atoms with Crippen molar-refractivity contribution in [2.24, 2.45) is 10.9 Å². The number of rotatable bonds is 6. The van der Waals surface area contributed by atoms with Gasteiger partial charge in [-0.25, -0.2) is 4.79 Å². The standard InChI is InChI=1S/C15H17N5O5/c1-9-14(20(22)23)10(2)19(17-9)8-13(16)18-25-15(21)11-5-4-6-12(7-11)24-3/h4-7H,8H2,1-3H3,(H2,16,18). The molecule has 0 saturated heterocycles. The monoisotopic (exact) mass is 347 g/mol. The summed E-state index contributed by atoms with van der Waals surface area (Å²) in [6, 6.07) is 6.36. The van der Waals surface area contributed by atoms with Crippen LogP contribution in [0.25, 0.3) is 0 Å². The van der Waals surface area contributed by atoms with E-state index in [0.717, 1.165) is 0 Å². The minimum Gasteiger partial charge on any atom is -0.497 e. The van der Waals surface area contributed by atoms with Crippen molar-refractivity contribution >= 4 is 17.5 Å². The van der Waals surface area contributed by atoms with Gasteiger partial charge in [0.1, 0.15) is 23.7 Å². The zero-order chi connectivity index (χ0) is 18.6. The first-order chi connectivity index (χ1) is 11.8. The van der Waals surface area contributed by atoms with E-state index in [0.29, 0.717) is 11.4 Å². The van der Waals surface area contributed by atoms with E-state index in [2.05, 4.69) is 10.3 Å². The first kappa shape index (κ1) is 17.9. The molecule has 0 aliphatic heterocycles. The summed E-state index contributed by atoms with van der Waals surface area (Å²) in [5.74, 6) is -0.265. The third-order valence-electron chi connectivity index (χ3n) is 3.39. The van der Waals surface area contributed by atoms with Gasteiger partial charge in [0.2, 0.25) is 0 Å². The van der Waals surface area contributed by atoms with Gasteiger partial charge in [-0.05, 0) is 32.0 Å². The second kappa shape index (κ2) is 7.43.